The SMILES string of the molecule is NC(=O)NC=CCc1cccs1. The maximum absolute atomic E-state index is 10.2. The molecule has 0 saturated heterocycles. The highest BCUT2D eigenvalue weighted by molar-refractivity contribution is 7.09. The van der Waals surface area contributed by atoms with Gasteiger partial charge < -0.3 is 11.1 Å². The van der Waals surface area contributed by atoms with Crippen LogP contribution in [0.15, 0.2) is 29.8 Å². The highest BCUT2D eigenvalue weighted by atomic mass is 32.1. The smallest absolute Gasteiger partial charge is 0.316 e. The largest absolute Gasteiger partial charge is 0.351 e. The Morgan fingerprint density at radius 2 is 2.58 bits per heavy atom. The molecule has 3 nitrogen and oxygen atoms in total. The number of rotatable bonds is 3. The van der Waals surface area contributed by atoms with Crippen LogP contribution in [0.3, 0.4) is 0 Å². The molecule has 0 fully saturated rings. The van der Waals surface area contributed by atoms with Crippen molar-refractivity contribution in [2.75, 3.05) is 0 Å². The molecule has 0 atom stereocenters. The zero-order valence-corrected chi connectivity index (χ0v) is 7.30. The maximum Gasteiger partial charge on any atom is 0.316 e. The number of allylic oxidation sites excluding steroid dienone is 1. The van der Waals surface area contributed by atoms with Gasteiger partial charge in [-0.1, -0.05) is 12.1 Å². The van der Waals surface area contributed by atoms with Gasteiger partial charge >= 0.3 is 6.03 Å². The average Bonchev–Trinajstić information content (AvgIpc) is 2.49. The molecule has 0 aliphatic rings. The van der Waals surface area contributed by atoms with Gasteiger partial charge in [0.2, 0.25) is 0 Å². The summed E-state index contributed by atoms with van der Waals surface area (Å²) in [5.41, 5.74) is 4.85. The predicted octanol–water partition coefficient (Wildman–Crippen LogP) is 1.47. The third kappa shape index (κ3) is 3.21. The van der Waals surface area contributed by atoms with Crippen molar-refractivity contribution < 1.29 is 4.79 Å². The first-order valence-electron chi connectivity index (χ1n) is 3.52. The molecule has 12 heavy (non-hydrogen) atoms. The lowest BCUT2D eigenvalue weighted by atomic mass is 10.3. The summed E-state index contributed by atoms with van der Waals surface area (Å²) >= 11 is 1.69. The Bertz CT molecular complexity index is 267. The van der Waals surface area contributed by atoms with E-state index in [0.717, 1.165) is 6.42 Å². The minimum atomic E-state index is -0.530. The van der Waals surface area contributed by atoms with E-state index >= 15 is 0 Å². The van der Waals surface area contributed by atoms with Crippen LogP contribution < -0.4 is 11.1 Å². The van der Waals surface area contributed by atoms with E-state index < -0.39 is 6.03 Å². The molecule has 1 aromatic heterocycles. The monoisotopic (exact) mass is 182 g/mol. The number of carbonyl (C=O) groups is 1. The van der Waals surface area contributed by atoms with E-state index in [-0.39, 0.29) is 0 Å². The molecular weight excluding hydrogens is 172 g/mol. The van der Waals surface area contributed by atoms with Gasteiger partial charge in [-0.05, 0) is 11.4 Å². The molecule has 0 aliphatic carbocycles. The Hall–Kier alpha value is -1.29. The molecule has 1 aromatic rings. The van der Waals surface area contributed by atoms with Crippen molar-refractivity contribution in [1.29, 1.82) is 0 Å². The van der Waals surface area contributed by atoms with E-state index in [9.17, 15) is 4.79 Å². The summed E-state index contributed by atoms with van der Waals surface area (Å²) in [6.07, 6.45) is 4.25. The topological polar surface area (TPSA) is 55.1 Å². The summed E-state index contributed by atoms with van der Waals surface area (Å²) in [6.45, 7) is 0. The Morgan fingerprint density at radius 3 is 3.17 bits per heavy atom. The van der Waals surface area contributed by atoms with Gasteiger partial charge in [0.1, 0.15) is 0 Å². The lowest BCUT2D eigenvalue weighted by Crippen LogP contribution is -2.23. The van der Waals surface area contributed by atoms with Gasteiger partial charge in [0.25, 0.3) is 0 Å². The fraction of sp³-hybridized carbons (Fsp3) is 0.125. The van der Waals surface area contributed by atoms with Crippen LogP contribution in [-0.4, -0.2) is 6.03 Å². The van der Waals surface area contributed by atoms with Crippen LogP contribution in [0.5, 0.6) is 0 Å². The number of nitrogens with two attached hydrogens (primary N) is 1. The van der Waals surface area contributed by atoms with Crippen LogP contribution in [0, 0.1) is 0 Å². The minimum Gasteiger partial charge on any atom is -0.351 e. The number of amides is 2. The van der Waals surface area contributed by atoms with Gasteiger partial charge in [-0.2, -0.15) is 0 Å². The van der Waals surface area contributed by atoms with Crippen molar-refractivity contribution in [3.05, 3.63) is 34.7 Å². The Kier molecular flexibility index (Phi) is 3.35. The van der Waals surface area contributed by atoms with E-state index in [2.05, 4.69) is 5.32 Å². The number of thiophene rings is 1. The van der Waals surface area contributed by atoms with Gasteiger partial charge in [-0.3, -0.25) is 0 Å². The lowest BCUT2D eigenvalue weighted by molar-refractivity contribution is 0.252. The van der Waals surface area contributed by atoms with Gasteiger partial charge in [0, 0.05) is 17.5 Å². The summed E-state index contributed by atoms with van der Waals surface area (Å²) in [5, 5.41) is 4.39. The molecule has 0 aromatic carbocycles. The second-order valence-corrected chi connectivity index (χ2v) is 3.23. The summed E-state index contributed by atoms with van der Waals surface area (Å²) < 4.78 is 0. The number of urea groups is 1. The molecule has 0 unspecified atom stereocenters. The average molecular weight is 182 g/mol. The zero-order valence-electron chi connectivity index (χ0n) is 6.49. The molecular formula is C8H10N2OS. The second-order valence-electron chi connectivity index (χ2n) is 2.19. The summed E-state index contributed by atoms with van der Waals surface area (Å²) in [5.74, 6) is 0. The standard InChI is InChI=1S/C8H10N2OS/c9-8(11)10-5-1-3-7-4-2-6-12-7/h1-2,4-6H,3H2,(H3,9,10,11). The fourth-order valence-corrected chi connectivity index (χ4v) is 1.43. The normalized spacial score (nSPS) is 10.3. The van der Waals surface area contributed by atoms with Gasteiger partial charge in [0.05, 0.1) is 0 Å². The molecule has 3 N–H and O–H groups in total. The number of nitrogens with one attached hydrogen (secondary N) is 1. The van der Waals surface area contributed by atoms with E-state index in [1.54, 1.807) is 17.5 Å². The third-order valence-electron chi connectivity index (χ3n) is 1.24. The highest BCUT2D eigenvalue weighted by Crippen LogP contribution is 2.08. The minimum absolute atomic E-state index is 0.530. The van der Waals surface area contributed by atoms with E-state index in [0.29, 0.717) is 0 Å². The molecule has 4 heteroatoms. The number of carbonyl (C=O) groups excluding carboxylic acids is 1. The highest BCUT2D eigenvalue weighted by Gasteiger charge is 1.88. The molecule has 0 aliphatic heterocycles. The molecule has 0 radical (unpaired) electrons. The fourth-order valence-electron chi connectivity index (χ4n) is 0.745. The Balaban J connectivity index is 2.26. The maximum atomic E-state index is 10.2. The van der Waals surface area contributed by atoms with Crippen LogP contribution in [-0.2, 0) is 6.42 Å². The summed E-state index contributed by atoms with van der Waals surface area (Å²) in [7, 11) is 0. The molecule has 64 valence electrons. The van der Waals surface area contributed by atoms with Gasteiger partial charge in [-0.25, -0.2) is 4.79 Å². The van der Waals surface area contributed by atoms with Crippen LogP contribution in [0.25, 0.3) is 0 Å². The molecule has 1 rings (SSSR count). The first-order chi connectivity index (χ1) is 5.79. The summed E-state index contributed by atoms with van der Waals surface area (Å²) in [4.78, 5) is 11.5. The molecule has 0 bridgehead atoms. The Morgan fingerprint density at radius 1 is 1.75 bits per heavy atom. The number of primary amides is 1. The van der Waals surface area contributed by atoms with E-state index in [1.807, 2.05) is 23.6 Å². The van der Waals surface area contributed by atoms with Crippen molar-refractivity contribution >= 4 is 17.4 Å². The van der Waals surface area contributed by atoms with E-state index in [4.69, 9.17) is 5.73 Å². The molecule has 2 amide bonds. The molecule has 0 spiro atoms. The lowest BCUT2D eigenvalue weighted by Gasteiger charge is -1.90. The summed E-state index contributed by atoms with van der Waals surface area (Å²) in [6, 6.07) is 3.51. The number of hydrogen-bond donors (Lipinski definition) is 2. The Labute approximate surface area is 74.9 Å². The second kappa shape index (κ2) is 4.56. The zero-order chi connectivity index (χ0) is 8.81. The number of hydrogen-bond acceptors (Lipinski definition) is 2. The van der Waals surface area contributed by atoms with Crippen LogP contribution in [0.1, 0.15) is 4.88 Å². The van der Waals surface area contributed by atoms with Crippen LogP contribution >= 0.6 is 11.3 Å². The van der Waals surface area contributed by atoms with Gasteiger partial charge in [0.15, 0.2) is 0 Å². The van der Waals surface area contributed by atoms with Crippen molar-refractivity contribution in [1.82, 2.24) is 5.32 Å². The molecule has 1 heterocycles. The first-order valence-corrected chi connectivity index (χ1v) is 4.40. The van der Waals surface area contributed by atoms with Crippen molar-refractivity contribution in [3.63, 3.8) is 0 Å². The van der Waals surface area contributed by atoms with Crippen molar-refractivity contribution in [3.8, 4) is 0 Å². The molecule has 0 saturated carbocycles. The van der Waals surface area contributed by atoms with Crippen molar-refractivity contribution in [2.24, 2.45) is 5.73 Å². The first kappa shape index (κ1) is 8.80. The van der Waals surface area contributed by atoms with Crippen LogP contribution in [0.2, 0.25) is 0 Å². The quantitative estimate of drug-likeness (QED) is 0.730. The van der Waals surface area contributed by atoms with Gasteiger partial charge in [-0.15, -0.1) is 11.3 Å². The predicted molar refractivity (Wildman–Crippen MR) is 49.9 cm³/mol. The van der Waals surface area contributed by atoms with Crippen LogP contribution in [0.4, 0.5) is 4.79 Å². The van der Waals surface area contributed by atoms with E-state index in [1.165, 1.54) is 4.88 Å². The third-order valence-corrected chi connectivity index (χ3v) is 2.14. The van der Waals surface area contributed by atoms with Crippen molar-refractivity contribution in [2.45, 2.75) is 6.42 Å².